The fourth-order valence-electron chi connectivity index (χ4n) is 3.02. The number of amides is 2. The van der Waals surface area contributed by atoms with Gasteiger partial charge in [-0.3, -0.25) is 0 Å². The molecule has 2 amide bonds. The third-order valence-corrected chi connectivity index (χ3v) is 6.16. The van der Waals surface area contributed by atoms with E-state index in [1.165, 1.54) is 12.1 Å². The smallest absolute Gasteiger partial charge is 0.338 e. The van der Waals surface area contributed by atoms with Crippen LogP contribution in [0.2, 0.25) is 5.02 Å². The van der Waals surface area contributed by atoms with E-state index < -0.39 is 33.6 Å². The van der Waals surface area contributed by atoms with Crippen molar-refractivity contribution in [1.82, 2.24) is 10.6 Å². The third kappa shape index (κ3) is 4.78. The maximum atomic E-state index is 12.9. The Balaban J connectivity index is 2.11. The van der Waals surface area contributed by atoms with E-state index in [-0.39, 0.29) is 22.8 Å². The molecule has 0 fully saturated rings. The molecule has 1 aliphatic rings. The Morgan fingerprint density at radius 3 is 2.52 bits per heavy atom. The Labute approximate surface area is 173 Å². The second-order valence-corrected chi connectivity index (χ2v) is 8.70. The van der Waals surface area contributed by atoms with Crippen molar-refractivity contribution in [3.05, 3.63) is 76.5 Å². The predicted molar refractivity (Wildman–Crippen MR) is 108 cm³/mol. The molecule has 2 aromatic rings. The average molecular weight is 435 g/mol. The van der Waals surface area contributed by atoms with Crippen molar-refractivity contribution >= 4 is 33.4 Å². The molecule has 0 aliphatic carbocycles. The number of carbonyl (C=O) groups is 2. The van der Waals surface area contributed by atoms with Gasteiger partial charge in [-0.25, -0.2) is 18.0 Å². The van der Waals surface area contributed by atoms with Crippen LogP contribution in [-0.4, -0.2) is 32.8 Å². The fraction of sp³-hybridized carbons (Fsp3) is 0.200. The summed E-state index contributed by atoms with van der Waals surface area (Å²) in [6.45, 7) is 1.74. The Kier molecular flexibility index (Phi) is 6.24. The van der Waals surface area contributed by atoms with E-state index in [4.69, 9.17) is 16.3 Å². The van der Waals surface area contributed by atoms with Crippen LogP contribution in [-0.2, 0) is 19.4 Å². The van der Waals surface area contributed by atoms with Gasteiger partial charge in [-0.2, -0.15) is 0 Å². The first-order chi connectivity index (χ1) is 13.8. The van der Waals surface area contributed by atoms with Crippen LogP contribution in [0.4, 0.5) is 4.79 Å². The number of halogens is 1. The first kappa shape index (κ1) is 20.9. The Morgan fingerprint density at radius 2 is 1.86 bits per heavy atom. The van der Waals surface area contributed by atoms with Gasteiger partial charge >= 0.3 is 12.0 Å². The second-order valence-electron chi connectivity index (χ2n) is 6.27. The first-order valence-corrected chi connectivity index (χ1v) is 10.9. The maximum Gasteiger partial charge on any atom is 0.338 e. The van der Waals surface area contributed by atoms with Gasteiger partial charge in [0.1, 0.15) is 0 Å². The minimum atomic E-state index is -3.81. The molecular formula is C20H19ClN2O5S. The SMILES string of the molecule is CCOC(=O)C1=C(CS(=O)(=O)c2ccccc2)NC(=O)N[C@@H]1c1cccc(Cl)c1. The van der Waals surface area contributed by atoms with Crippen LogP contribution in [0.3, 0.4) is 0 Å². The van der Waals surface area contributed by atoms with E-state index in [2.05, 4.69) is 10.6 Å². The van der Waals surface area contributed by atoms with E-state index in [1.54, 1.807) is 49.4 Å². The lowest BCUT2D eigenvalue weighted by atomic mass is 9.95. The van der Waals surface area contributed by atoms with Crippen LogP contribution >= 0.6 is 11.6 Å². The number of urea groups is 1. The summed E-state index contributed by atoms with van der Waals surface area (Å²) in [5.74, 6) is -1.28. The molecule has 29 heavy (non-hydrogen) atoms. The number of carbonyl (C=O) groups excluding carboxylic acids is 2. The molecule has 0 bridgehead atoms. The monoisotopic (exact) mass is 434 g/mol. The summed E-state index contributed by atoms with van der Waals surface area (Å²) < 4.78 is 30.8. The summed E-state index contributed by atoms with van der Waals surface area (Å²) >= 11 is 6.06. The predicted octanol–water partition coefficient (Wildman–Crippen LogP) is 2.99. The van der Waals surface area contributed by atoms with Crippen LogP contribution in [0.5, 0.6) is 0 Å². The lowest BCUT2D eigenvalue weighted by molar-refractivity contribution is -0.139. The fourth-order valence-corrected chi connectivity index (χ4v) is 4.56. The molecule has 1 aliphatic heterocycles. The minimum Gasteiger partial charge on any atom is -0.463 e. The normalized spacial score (nSPS) is 16.8. The Bertz CT molecular complexity index is 1070. The van der Waals surface area contributed by atoms with Gasteiger partial charge in [-0.15, -0.1) is 0 Å². The number of nitrogens with one attached hydrogen (secondary N) is 2. The zero-order valence-electron chi connectivity index (χ0n) is 15.5. The van der Waals surface area contributed by atoms with Crippen molar-refractivity contribution in [2.24, 2.45) is 0 Å². The van der Waals surface area contributed by atoms with Crippen molar-refractivity contribution in [2.75, 3.05) is 12.4 Å². The van der Waals surface area contributed by atoms with Crippen LogP contribution < -0.4 is 10.6 Å². The largest absolute Gasteiger partial charge is 0.463 e. The molecule has 0 radical (unpaired) electrons. The summed E-state index contributed by atoms with van der Waals surface area (Å²) in [5, 5.41) is 5.52. The van der Waals surface area contributed by atoms with E-state index in [0.717, 1.165) is 0 Å². The van der Waals surface area contributed by atoms with Gasteiger partial charge in [-0.05, 0) is 36.8 Å². The summed E-state index contributed by atoms with van der Waals surface area (Å²) in [4.78, 5) is 25.0. The number of hydrogen-bond acceptors (Lipinski definition) is 5. The third-order valence-electron chi connectivity index (χ3n) is 4.27. The zero-order chi connectivity index (χ0) is 21.0. The molecular weight excluding hydrogens is 416 g/mol. The summed E-state index contributed by atoms with van der Waals surface area (Å²) in [7, 11) is -3.81. The van der Waals surface area contributed by atoms with Crippen LogP contribution in [0, 0.1) is 0 Å². The Morgan fingerprint density at radius 1 is 1.14 bits per heavy atom. The van der Waals surface area contributed by atoms with Gasteiger partial charge in [0.05, 0.1) is 28.9 Å². The topological polar surface area (TPSA) is 102 Å². The molecule has 0 aromatic heterocycles. The van der Waals surface area contributed by atoms with Crippen molar-refractivity contribution in [3.8, 4) is 0 Å². The number of benzene rings is 2. The van der Waals surface area contributed by atoms with Crippen molar-refractivity contribution in [2.45, 2.75) is 17.9 Å². The molecule has 9 heteroatoms. The van der Waals surface area contributed by atoms with E-state index in [9.17, 15) is 18.0 Å². The van der Waals surface area contributed by atoms with Crippen LogP contribution in [0.1, 0.15) is 18.5 Å². The summed E-state index contributed by atoms with van der Waals surface area (Å²) in [5.41, 5.74) is 0.527. The first-order valence-electron chi connectivity index (χ1n) is 8.82. The Hall–Kier alpha value is -2.84. The maximum absolute atomic E-state index is 12.9. The van der Waals surface area contributed by atoms with Crippen molar-refractivity contribution in [3.63, 3.8) is 0 Å². The van der Waals surface area contributed by atoms with Gasteiger partial charge in [-0.1, -0.05) is 41.9 Å². The molecule has 0 spiro atoms. The molecule has 2 aromatic carbocycles. The minimum absolute atomic E-state index is 0.0215. The lowest BCUT2D eigenvalue weighted by Gasteiger charge is -2.29. The van der Waals surface area contributed by atoms with Crippen molar-refractivity contribution < 1.29 is 22.7 Å². The molecule has 3 rings (SSSR count). The van der Waals surface area contributed by atoms with Crippen LogP contribution in [0.25, 0.3) is 0 Å². The molecule has 2 N–H and O–H groups in total. The highest BCUT2D eigenvalue weighted by Crippen LogP contribution is 2.30. The highest BCUT2D eigenvalue weighted by Gasteiger charge is 2.35. The molecule has 7 nitrogen and oxygen atoms in total. The van der Waals surface area contributed by atoms with E-state index in [1.807, 2.05) is 0 Å². The van der Waals surface area contributed by atoms with Gasteiger partial charge < -0.3 is 15.4 Å². The molecule has 1 heterocycles. The summed E-state index contributed by atoms with van der Waals surface area (Å²) in [6.07, 6.45) is 0. The average Bonchev–Trinajstić information content (AvgIpc) is 2.68. The van der Waals surface area contributed by atoms with Gasteiger partial charge in [0, 0.05) is 10.7 Å². The molecule has 0 unspecified atom stereocenters. The molecule has 0 saturated carbocycles. The molecule has 152 valence electrons. The summed E-state index contributed by atoms with van der Waals surface area (Å²) in [6, 6.07) is 12.9. The van der Waals surface area contributed by atoms with Crippen molar-refractivity contribution in [1.29, 1.82) is 0 Å². The zero-order valence-corrected chi connectivity index (χ0v) is 17.1. The molecule has 1 atom stereocenters. The lowest BCUT2D eigenvalue weighted by Crippen LogP contribution is -2.47. The number of hydrogen-bond donors (Lipinski definition) is 2. The highest BCUT2D eigenvalue weighted by atomic mass is 35.5. The number of rotatable bonds is 6. The molecule has 0 saturated heterocycles. The quantitative estimate of drug-likeness (QED) is 0.680. The van der Waals surface area contributed by atoms with Gasteiger partial charge in [0.15, 0.2) is 9.84 Å². The number of ether oxygens (including phenoxy) is 1. The van der Waals surface area contributed by atoms with E-state index in [0.29, 0.717) is 10.6 Å². The number of esters is 1. The van der Waals surface area contributed by atoms with Crippen LogP contribution in [0.15, 0.2) is 70.8 Å². The number of sulfone groups is 1. The highest BCUT2D eigenvalue weighted by molar-refractivity contribution is 7.91. The second kappa shape index (κ2) is 8.67. The van der Waals surface area contributed by atoms with Gasteiger partial charge in [0.2, 0.25) is 0 Å². The standard InChI is InChI=1S/C20H19ClN2O5S/c1-2-28-19(24)17-16(12-29(26,27)15-9-4-3-5-10-15)22-20(25)23-18(17)13-7-6-8-14(21)11-13/h3-11,18H,2,12H2,1H3,(H2,22,23,25)/t18-/m1/s1. The van der Waals surface area contributed by atoms with E-state index >= 15 is 0 Å². The van der Waals surface area contributed by atoms with Gasteiger partial charge in [0.25, 0.3) is 0 Å².